The summed E-state index contributed by atoms with van der Waals surface area (Å²) in [7, 11) is 0. The number of hydrogen-bond acceptors (Lipinski definition) is 6. The number of aliphatic hydroxyl groups is 1. The molecule has 34 heavy (non-hydrogen) atoms. The van der Waals surface area contributed by atoms with Crippen LogP contribution in [0.5, 0.6) is 0 Å². The Morgan fingerprint density at radius 2 is 1.82 bits per heavy atom. The maximum Gasteiger partial charge on any atom is 0.339 e. The fourth-order valence-electron chi connectivity index (χ4n) is 4.36. The second-order valence-corrected chi connectivity index (χ2v) is 9.45. The fraction of sp³-hybridized carbons (Fsp3) is 0.333. The number of nitrogens with one attached hydrogen (secondary N) is 1. The first-order valence-electron chi connectivity index (χ1n) is 11.4. The highest BCUT2D eigenvalue weighted by Gasteiger charge is 2.19. The van der Waals surface area contributed by atoms with E-state index in [0.29, 0.717) is 23.2 Å². The average molecular weight is 480 g/mol. The van der Waals surface area contributed by atoms with Crippen LogP contribution in [0.25, 0.3) is 33.1 Å². The number of carbonyl (C=O) groups is 1. The monoisotopic (exact) mass is 479 g/mol. The Hall–Kier alpha value is -3.03. The van der Waals surface area contributed by atoms with E-state index in [9.17, 15) is 14.7 Å². The Kier molecular flexibility index (Phi) is 7.44. The van der Waals surface area contributed by atoms with Crippen molar-refractivity contribution >= 4 is 39.6 Å². The van der Waals surface area contributed by atoms with Gasteiger partial charge in [0, 0.05) is 34.4 Å². The molecule has 0 spiro atoms. The van der Waals surface area contributed by atoms with Gasteiger partial charge >= 0.3 is 5.63 Å². The molecule has 2 aromatic carbocycles. The summed E-state index contributed by atoms with van der Waals surface area (Å²) < 4.78 is 11.6. The van der Waals surface area contributed by atoms with Gasteiger partial charge < -0.3 is 19.3 Å². The van der Waals surface area contributed by atoms with Gasteiger partial charge in [0.15, 0.2) is 0 Å². The van der Waals surface area contributed by atoms with Crippen LogP contribution >= 0.6 is 11.8 Å². The van der Waals surface area contributed by atoms with E-state index in [0.717, 1.165) is 39.0 Å². The average Bonchev–Trinajstić information content (AvgIpc) is 3.15. The molecule has 6 nitrogen and oxygen atoms in total. The van der Waals surface area contributed by atoms with Crippen LogP contribution in [0.15, 0.2) is 56.1 Å². The van der Waals surface area contributed by atoms with Gasteiger partial charge in [0.2, 0.25) is 5.91 Å². The standard InChI is InChI=1S/C27H29NO5S/c1-16-20(9-10-25(30)28-19(15-29)11-12-34-3)27(31)33-23-14-24-22(13-21(16)23)26(17(2)32-24)18-7-5-4-6-8-18/h4-8,13-14,19,29H,9-12,15H2,1-3H3,(H,28,30). The van der Waals surface area contributed by atoms with Crippen LogP contribution in [-0.4, -0.2) is 35.7 Å². The molecule has 1 unspecified atom stereocenters. The molecule has 2 heterocycles. The van der Waals surface area contributed by atoms with Gasteiger partial charge in [-0.15, -0.1) is 0 Å². The molecular weight excluding hydrogens is 450 g/mol. The summed E-state index contributed by atoms with van der Waals surface area (Å²) in [5, 5.41) is 14.1. The summed E-state index contributed by atoms with van der Waals surface area (Å²) in [6, 6.07) is 13.5. The van der Waals surface area contributed by atoms with Crippen molar-refractivity contribution < 1.29 is 18.7 Å². The smallest absolute Gasteiger partial charge is 0.339 e. The molecular formula is C27H29NO5S. The summed E-state index contributed by atoms with van der Waals surface area (Å²) >= 11 is 1.67. The minimum Gasteiger partial charge on any atom is -0.461 e. The Morgan fingerprint density at radius 1 is 1.09 bits per heavy atom. The lowest BCUT2D eigenvalue weighted by Crippen LogP contribution is -2.38. The predicted octanol–water partition coefficient (Wildman–Crippen LogP) is 4.99. The summed E-state index contributed by atoms with van der Waals surface area (Å²) in [6.07, 6.45) is 3.10. The number of benzene rings is 2. The van der Waals surface area contributed by atoms with E-state index < -0.39 is 5.63 Å². The van der Waals surface area contributed by atoms with Gasteiger partial charge in [-0.2, -0.15) is 11.8 Å². The Labute approximate surface area is 202 Å². The Balaban J connectivity index is 1.66. The molecule has 178 valence electrons. The summed E-state index contributed by atoms with van der Waals surface area (Å²) in [5.41, 5.74) is 4.07. The van der Waals surface area contributed by atoms with Crippen molar-refractivity contribution in [2.75, 3.05) is 18.6 Å². The summed E-state index contributed by atoms with van der Waals surface area (Å²) in [5.74, 6) is 1.46. The molecule has 0 saturated carbocycles. The lowest BCUT2D eigenvalue weighted by Gasteiger charge is -2.16. The van der Waals surface area contributed by atoms with Crippen molar-refractivity contribution in [2.45, 2.75) is 39.2 Å². The molecule has 0 aliphatic rings. The fourth-order valence-corrected chi connectivity index (χ4v) is 4.88. The maximum absolute atomic E-state index is 12.7. The number of furan rings is 1. The zero-order valence-corrected chi connectivity index (χ0v) is 20.5. The van der Waals surface area contributed by atoms with Crippen molar-refractivity contribution in [2.24, 2.45) is 0 Å². The second kappa shape index (κ2) is 10.5. The van der Waals surface area contributed by atoms with Crippen LogP contribution in [0.4, 0.5) is 0 Å². The Morgan fingerprint density at radius 3 is 2.53 bits per heavy atom. The van der Waals surface area contributed by atoms with Crippen molar-refractivity contribution in [3.63, 3.8) is 0 Å². The molecule has 2 N–H and O–H groups in total. The van der Waals surface area contributed by atoms with E-state index in [4.69, 9.17) is 8.83 Å². The first-order chi connectivity index (χ1) is 16.4. The largest absolute Gasteiger partial charge is 0.461 e. The third kappa shape index (κ3) is 4.91. The van der Waals surface area contributed by atoms with E-state index >= 15 is 0 Å². The molecule has 0 saturated heterocycles. The maximum atomic E-state index is 12.7. The van der Waals surface area contributed by atoms with Crippen LogP contribution in [0.1, 0.15) is 29.7 Å². The Bertz CT molecular complexity index is 1370. The van der Waals surface area contributed by atoms with Gasteiger partial charge in [-0.25, -0.2) is 4.79 Å². The van der Waals surface area contributed by atoms with E-state index in [2.05, 4.69) is 5.32 Å². The van der Waals surface area contributed by atoms with E-state index in [-0.39, 0.29) is 31.4 Å². The zero-order valence-electron chi connectivity index (χ0n) is 19.6. The normalized spacial score (nSPS) is 12.4. The topological polar surface area (TPSA) is 92.7 Å². The third-order valence-corrected chi connectivity index (χ3v) is 6.84. The molecule has 0 radical (unpaired) electrons. The highest BCUT2D eigenvalue weighted by atomic mass is 32.2. The van der Waals surface area contributed by atoms with Crippen LogP contribution in [-0.2, 0) is 11.2 Å². The number of thioether (sulfide) groups is 1. The number of aliphatic hydroxyl groups excluding tert-OH is 1. The van der Waals surface area contributed by atoms with Gasteiger partial charge in [-0.1, -0.05) is 30.3 Å². The highest BCUT2D eigenvalue weighted by Crippen LogP contribution is 2.37. The van der Waals surface area contributed by atoms with Crippen LogP contribution in [0.2, 0.25) is 0 Å². The molecule has 2 aromatic heterocycles. The first-order valence-corrected chi connectivity index (χ1v) is 12.8. The summed E-state index contributed by atoms with van der Waals surface area (Å²) in [4.78, 5) is 25.2. The molecule has 7 heteroatoms. The van der Waals surface area contributed by atoms with Crippen LogP contribution in [0, 0.1) is 13.8 Å². The van der Waals surface area contributed by atoms with Gasteiger partial charge in [-0.3, -0.25) is 4.79 Å². The molecule has 0 fully saturated rings. The van der Waals surface area contributed by atoms with Gasteiger partial charge in [0.25, 0.3) is 0 Å². The SMILES string of the molecule is CSCCC(CO)NC(=O)CCc1c(C)c2cc3c(-c4ccccc4)c(C)oc3cc2oc1=O. The molecule has 4 aromatic rings. The number of rotatable bonds is 9. The van der Waals surface area contributed by atoms with Crippen molar-refractivity contribution in [3.8, 4) is 11.1 Å². The molecule has 4 rings (SSSR count). The minimum absolute atomic E-state index is 0.104. The van der Waals surface area contributed by atoms with Crippen LogP contribution < -0.4 is 10.9 Å². The molecule has 1 amide bonds. The second-order valence-electron chi connectivity index (χ2n) is 8.47. The number of carbonyl (C=O) groups excluding carboxylic acids is 1. The van der Waals surface area contributed by atoms with Gasteiger partial charge in [0.1, 0.15) is 16.9 Å². The van der Waals surface area contributed by atoms with Crippen molar-refractivity contribution in [1.82, 2.24) is 5.32 Å². The molecule has 0 bridgehead atoms. The van der Waals surface area contributed by atoms with E-state index in [1.165, 1.54) is 0 Å². The van der Waals surface area contributed by atoms with E-state index in [1.807, 2.05) is 56.5 Å². The third-order valence-electron chi connectivity index (χ3n) is 6.19. The van der Waals surface area contributed by atoms with Crippen LogP contribution in [0.3, 0.4) is 0 Å². The predicted molar refractivity (Wildman–Crippen MR) is 138 cm³/mol. The number of aryl methyl sites for hydroxylation is 2. The lowest BCUT2D eigenvalue weighted by molar-refractivity contribution is -0.122. The summed E-state index contributed by atoms with van der Waals surface area (Å²) in [6.45, 7) is 3.72. The molecule has 0 aliphatic heterocycles. The van der Waals surface area contributed by atoms with E-state index in [1.54, 1.807) is 17.8 Å². The molecule has 0 aliphatic carbocycles. The van der Waals surface area contributed by atoms with Crippen molar-refractivity contribution in [1.29, 1.82) is 0 Å². The minimum atomic E-state index is -0.440. The zero-order chi connectivity index (χ0) is 24.2. The van der Waals surface area contributed by atoms with Crippen molar-refractivity contribution in [3.05, 3.63) is 69.8 Å². The quantitative estimate of drug-likeness (QED) is 0.329. The number of fused-ring (bicyclic) bond motifs is 2. The first kappa shape index (κ1) is 24.1. The number of hydrogen-bond donors (Lipinski definition) is 2. The highest BCUT2D eigenvalue weighted by molar-refractivity contribution is 7.98. The molecule has 1 atom stereocenters. The lowest BCUT2D eigenvalue weighted by atomic mass is 9.98. The van der Waals surface area contributed by atoms with Gasteiger partial charge in [-0.05, 0) is 55.9 Å². The number of amides is 1. The van der Waals surface area contributed by atoms with Gasteiger partial charge in [0.05, 0.1) is 12.6 Å².